The highest BCUT2D eigenvalue weighted by Crippen LogP contribution is 2.32. The summed E-state index contributed by atoms with van der Waals surface area (Å²) in [6, 6.07) is 4.45. The summed E-state index contributed by atoms with van der Waals surface area (Å²) < 4.78 is 0. The molecule has 0 unspecified atom stereocenters. The monoisotopic (exact) mass is 263 g/mol. The fourth-order valence-corrected chi connectivity index (χ4v) is 2.21. The van der Waals surface area contributed by atoms with Gasteiger partial charge in [-0.2, -0.15) is 0 Å². The molecule has 0 radical (unpaired) electrons. The molecular formula is C13H17N3O3. The van der Waals surface area contributed by atoms with E-state index in [1.807, 2.05) is 6.92 Å². The van der Waals surface area contributed by atoms with Crippen LogP contribution in [0.3, 0.4) is 0 Å². The van der Waals surface area contributed by atoms with Crippen molar-refractivity contribution in [2.75, 3.05) is 12.4 Å². The van der Waals surface area contributed by atoms with E-state index in [0.29, 0.717) is 11.3 Å². The Kier molecular flexibility index (Phi) is 3.42. The third-order valence-electron chi connectivity index (χ3n) is 3.60. The van der Waals surface area contributed by atoms with Crippen molar-refractivity contribution in [2.24, 2.45) is 0 Å². The minimum Gasteiger partial charge on any atom is -0.383 e. The number of nitro groups is 1. The van der Waals surface area contributed by atoms with Gasteiger partial charge in [0.2, 0.25) is 0 Å². The number of carbonyl (C=O) groups excluding carboxylic acids is 1. The normalized spacial score (nSPS) is 16.3. The quantitative estimate of drug-likeness (QED) is 0.645. The Labute approximate surface area is 111 Å². The molecule has 1 aliphatic carbocycles. The molecule has 1 aliphatic rings. The zero-order valence-corrected chi connectivity index (χ0v) is 11.0. The summed E-state index contributed by atoms with van der Waals surface area (Å²) >= 11 is 0. The van der Waals surface area contributed by atoms with Crippen molar-refractivity contribution < 1.29 is 9.72 Å². The van der Waals surface area contributed by atoms with Crippen LogP contribution in [0.15, 0.2) is 18.2 Å². The molecule has 0 heterocycles. The lowest BCUT2D eigenvalue weighted by Gasteiger charge is -2.39. The van der Waals surface area contributed by atoms with Crippen LogP contribution in [0, 0.1) is 10.1 Å². The summed E-state index contributed by atoms with van der Waals surface area (Å²) in [5.74, 6) is -0.257. The third kappa shape index (κ3) is 2.67. The van der Waals surface area contributed by atoms with E-state index in [4.69, 9.17) is 0 Å². The van der Waals surface area contributed by atoms with Crippen molar-refractivity contribution in [1.29, 1.82) is 0 Å². The van der Waals surface area contributed by atoms with E-state index in [0.717, 1.165) is 19.3 Å². The first kappa shape index (κ1) is 13.3. The summed E-state index contributed by atoms with van der Waals surface area (Å²) in [5.41, 5.74) is 0.470. The molecule has 1 fully saturated rings. The van der Waals surface area contributed by atoms with Crippen LogP contribution < -0.4 is 10.6 Å². The maximum atomic E-state index is 12.1. The first-order chi connectivity index (χ1) is 8.95. The van der Waals surface area contributed by atoms with Gasteiger partial charge in [-0.05, 0) is 38.3 Å². The molecule has 0 aliphatic heterocycles. The number of amides is 1. The van der Waals surface area contributed by atoms with Crippen LogP contribution in [-0.4, -0.2) is 23.4 Å². The molecule has 0 spiro atoms. The Morgan fingerprint density at radius 3 is 2.58 bits per heavy atom. The molecule has 0 aromatic heterocycles. The molecular weight excluding hydrogens is 246 g/mol. The second-order valence-electron chi connectivity index (χ2n) is 5.11. The smallest absolute Gasteiger partial charge is 0.293 e. The Morgan fingerprint density at radius 2 is 2.11 bits per heavy atom. The number of nitro benzene ring substituents is 1. The van der Waals surface area contributed by atoms with Gasteiger partial charge in [-0.25, -0.2) is 0 Å². The molecule has 1 aromatic carbocycles. The van der Waals surface area contributed by atoms with Gasteiger partial charge in [-0.15, -0.1) is 0 Å². The fraction of sp³-hybridized carbons (Fsp3) is 0.462. The average molecular weight is 263 g/mol. The van der Waals surface area contributed by atoms with Crippen LogP contribution in [0.1, 0.15) is 36.5 Å². The van der Waals surface area contributed by atoms with Gasteiger partial charge >= 0.3 is 0 Å². The lowest BCUT2D eigenvalue weighted by Crippen LogP contribution is -2.50. The van der Waals surface area contributed by atoms with Crippen LogP contribution in [-0.2, 0) is 0 Å². The molecule has 19 heavy (non-hydrogen) atoms. The van der Waals surface area contributed by atoms with Crippen LogP contribution >= 0.6 is 0 Å². The first-order valence-electron chi connectivity index (χ1n) is 6.24. The molecule has 0 saturated heterocycles. The minimum absolute atomic E-state index is 0.0890. The number of rotatable bonds is 4. The molecule has 1 amide bonds. The van der Waals surface area contributed by atoms with E-state index < -0.39 is 4.92 Å². The predicted molar refractivity (Wildman–Crippen MR) is 72.4 cm³/mol. The number of nitrogens with zero attached hydrogens (tertiary/aromatic N) is 1. The maximum Gasteiger partial charge on any atom is 0.293 e. The fourth-order valence-electron chi connectivity index (χ4n) is 2.21. The first-order valence-corrected chi connectivity index (χ1v) is 6.24. The van der Waals surface area contributed by atoms with Gasteiger partial charge in [-0.3, -0.25) is 14.9 Å². The highest BCUT2D eigenvalue weighted by molar-refractivity contribution is 5.96. The van der Waals surface area contributed by atoms with Gasteiger partial charge < -0.3 is 10.6 Å². The van der Waals surface area contributed by atoms with Crippen LogP contribution in [0.5, 0.6) is 0 Å². The van der Waals surface area contributed by atoms with E-state index in [1.54, 1.807) is 19.2 Å². The predicted octanol–water partition coefficient (Wildman–Crippen LogP) is 2.31. The molecule has 0 bridgehead atoms. The Morgan fingerprint density at radius 1 is 1.42 bits per heavy atom. The standard InChI is InChI=1S/C13H17N3O3/c1-13(6-3-7-13)15-12(17)9-4-5-10(14-2)11(8-9)16(18)19/h4-5,8,14H,3,6-7H2,1-2H3,(H,15,17). The Balaban J connectivity index is 2.22. The summed E-state index contributed by atoms with van der Waals surface area (Å²) in [5, 5.41) is 16.6. The van der Waals surface area contributed by atoms with E-state index in [2.05, 4.69) is 10.6 Å². The summed E-state index contributed by atoms with van der Waals surface area (Å²) in [6.45, 7) is 1.99. The van der Waals surface area contributed by atoms with Crippen molar-refractivity contribution >= 4 is 17.3 Å². The number of hydrogen-bond acceptors (Lipinski definition) is 4. The van der Waals surface area contributed by atoms with E-state index in [1.165, 1.54) is 6.07 Å². The number of nitrogens with one attached hydrogen (secondary N) is 2. The van der Waals surface area contributed by atoms with Crippen molar-refractivity contribution in [3.8, 4) is 0 Å². The molecule has 6 heteroatoms. The second kappa shape index (κ2) is 4.87. The van der Waals surface area contributed by atoms with Crippen LogP contribution in [0.2, 0.25) is 0 Å². The second-order valence-corrected chi connectivity index (χ2v) is 5.11. The molecule has 102 valence electrons. The van der Waals surface area contributed by atoms with E-state index >= 15 is 0 Å². The topological polar surface area (TPSA) is 84.3 Å². The number of benzene rings is 1. The minimum atomic E-state index is -0.492. The molecule has 2 N–H and O–H groups in total. The lowest BCUT2D eigenvalue weighted by molar-refractivity contribution is -0.384. The molecule has 6 nitrogen and oxygen atoms in total. The van der Waals surface area contributed by atoms with Crippen molar-refractivity contribution in [3.05, 3.63) is 33.9 Å². The lowest BCUT2D eigenvalue weighted by atomic mass is 9.78. The number of hydrogen-bond donors (Lipinski definition) is 2. The third-order valence-corrected chi connectivity index (χ3v) is 3.60. The van der Waals surface area contributed by atoms with E-state index in [-0.39, 0.29) is 17.1 Å². The van der Waals surface area contributed by atoms with Crippen LogP contribution in [0.25, 0.3) is 0 Å². The molecule has 0 atom stereocenters. The SMILES string of the molecule is CNc1ccc(C(=O)NC2(C)CCC2)cc1[N+](=O)[O-]. The largest absolute Gasteiger partial charge is 0.383 e. The van der Waals surface area contributed by atoms with Crippen molar-refractivity contribution in [1.82, 2.24) is 5.32 Å². The average Bonchev–Trinajstić information content (AvgIpc) is 2.35. The maximum absolute atomic E-state index is 12.1. The van der Waals surface area contributed by atoms with Gasteiger partial charge in [0.25, 0.3) is 11.6 Å². The van der Waals surface area contributed by atoms with Crippen LogP contribution in [0.4, 0.5) is 11.4 Å². The van der Waals surface area contributed by atoms with E-state index in [9.17, 15) is 14.9 Å². The van der Waals surface area contributed by atoms with Crippen molar-refractivity contribution in [2.45, 2.75) is 31.7 Å². The Bertz CT molecular complexity index is 524. The number of anilines is 1. The Hall–Kier alpha value is -2.11. The van der Waals surface area contributed by atoms with Gasteiger partial charge in [0.15, 0.2) is 0 Å². The molecule has 2 rings (SSSR count). The van der Waals surface area contributed by atoms with Crippen molar-refractivity contribution in [3.63, 3.8) is 0 Å². The highest BCUT2D eigenvalue weighted by atomic mass is 16.6. The zero-order valence-electron chi connectivity index (χ0n) is 11.0. The van der Waals surface area contributed by atoms with Gasteiger partial charge in [0.05, 0.1) is 4.92 Å². The van der Waals surface area contributed by atoms with Gasteiger partial charge in [0.1, 0.15) is 5.69 Å². The molecule has 1 saturated carbocycles. The van der Waals surface area contributed by atoms with Gasteiger partial charge in [0, 0.05) is 24.2 Å². The highest BCUT2D eigenvalue weighted by Gasteiger charge is 2.33. The number of carbonyl (C=O) groups is 1. The summed E-state index contributed by atoms with van der Waals surface area (Å²) in [4.78, 5) is 22.5. The molecule has 1 aromatic rings. The summed E-state index contributed by atoms with van der Waals surface area (Å²) in [6.07, 6.45) is 3.01. The van der Waals surface area contributed by atoms with Gasteiger partial charge in [-0.1, -0.05) is 0 Å². The summed E-state index contributed by atoms with van der Waals surface area (Å²) in [7, 11) is 1.61. The zero-order chi connectivity index (χ0) is 14.0.